The third kappa shape index (κ3) is 4.37. The Bertz CT molecular complexity index is 790. The molecule has 5 heteroatoms. The molecule has 0 saturated carbocycles. The van der Waals surface area contributed by atoms with Gasteiger partial charge in [-0.15, -0.1) is 6.58 Å². The number of nitrogens with zero attached hydrogens (tertiary/aromatic N) is 2. The first-order valence-corrected chi connectivity index (χ1v) is 9.04. The lowest BCUT2D eigenvalue weighted by atomic mass is 10.1. The van der Waals surface area contributed by atoms with Crippen molar-refractivity contribution in [2.45, 2.75) is 32.2 Å². The van der Waals surface area contributed by atoms with Crippen LogP contribution in [-0.2, 0) is 22.7 Å². The van der Waals surface area contributed by atoms with E-state index in [1.807, 2.05) is 60.7 Å². The van der Waals surface area contributed by atoms with Crippen LogP contribution in [-0.4, -0.2) is 40.4 Å². The Labute approximate surface area is 159 Å². The first-order valence-electron chi connectivity index (χ1n) is 9.04. The highest BCUT2D eigenvalue weighted by Crippen LogP contribution is 2.21. The predicted octanol–water partition coefficient (Wildman–Crippen LogP) is 3.61. The fourth-order valence-corrected chi connectivity index (χ4v) is 3.30. The minimum absolute atomic E-state index is 0.0892. The third-order valence-corrected chi connectivity index (χ3v) is 4.76. The summed E-state index contributed by atoms with van der Waals surface area (Å²) >= 11 is 0. The van der Waals surface area contributed by atoms with E-state index in [1.165, 1.54) is 4.90 Å². The number of rotatable bonds is 5. The van der Waals surface area contributed by atoms with E-state index in [9.17, 15) is 9.59 Å². The molecular formula is C22H24N2O3. The number of ether oxygens (including phenoxy) is 1. The molecule has 0 N–H and O–H groups in total. The fourth-order valence-electron chi connectivity index (χ4n) is 3.30. The van der Waals surface area contributed by atoms with Crippen molar-refractivity contribution >= 4 is 12.0 Å². The highest BCUT2D eigenvalue weighted by molar-refractivity contribution is 5.87. The summed E-state index contributed by atoms with van der Waals surface area (Å²) in [4.78, 5) is 28.7. The number of carbonyl (C=O) groups is 2. The van der Waals surface area contributed by atoms with Crippen molar-refractivity contribution in [2.24, 2.45) is 0 Å². The Morgan fingerprint density at radius 2 is 1.70 bits per heavy atom. The summed E-state index contributed by atoms with van der Waals surface area (Å²) in [6.07, 6.45) is 1.20. The summed E-state index contributed by atoms with van der Waals surface area (Å²) in [5, 5.41) is 0. The lowest BCUT2D eigenvalue weighted by Crippen LogP contribution is -2.61. The van der Waals surface area contributed by atoms with Crippen LogP contribution >= 0.6 is 0 Å². The van der Waals surface area contributed by atoms with Crippen LogP contribution in [0.3, 0.4) is 0 Å². The average molecular weight is 364 g/mol. The number of benzene rings is 2. The van der Waals surface area contributed by atoms with Crippen molar-refractivity contribution in [1.29, 1.82) is 0 Å². The van der Waals surface area contributed by atoms with Gasteiger partial charge >= 0.3 is 6.09 Å². The first kappa shape index (κ1) is 18.7. The summed E-state index contributed by atoms with van der Waals surface area (Å²) < 4.78 is 5.44. The summed E-state index contributed by atoms with van der Waals surface area (Å²) in [6.45, 7) is 6.68. The van der Waals surface area contributed by atoms with Gasteiger partial charge in [-0.2, -0.15) is 0 Å². The van der Waals surface area contributed by atoms with E-state index in [0.29, 0.717) is 13.1 Å². The lowest BCUT2D eigenvalue weighted by Gasteiger charge is -2.43. The van der Waals surface area contributed by atoms with Crippen LogP contribution in [0.4, 0.5) is 4.79 Å². The predicted molar refractivity (Wildman–Crippen MR) is 104 cm³/mol. The van der Waals surface area contributed by atoms with E-state index in [4.69, 9.17) is 4.74 Å². The molecule has 2 aromatic carbocycles. The van der Waals surface area contributed by atoms with Gasteiger partial charge in [-0.3, -0.25) is 9.69 Å². The van der Waals surface area contributed by atoms with Crippen LogP contribution in [0.1, 0.15) is 18.1 Å². The molecule has 1 aliphatic rings. The van der Waals surface area contributed by atoms with E-state index >= 15 is 0 Å². The van der Waals surface area contributed by atoms with Crippen LogP contribution in [0.25, 0.3) is 0 Å². The molecule has 0 aliphatic carbocycles. The minimum atomic E-state index is -0.603. The molecule has 2 aromatic rings. The van der Waals surface area contributed by atoms with Gasteiger partial charge in [-0.1, -0.05) is 66.7 Å². The maximum atomic E-state index is 12.8. The second-order valence-electron chi connectivity index (χ2n) is 6.63. The van der Waals surface area contributed by atoms with E-state index in [0.717, 1.165) is 11.1 Å². The molecule has 27 heavy (non-hydrogen) atoms. The molecule has 3 rings (SSSR count). The van der Waals surface area contributed by atoms with Gasteiger partial charge in [0, 0.05) is 13.1 Å². The van der Waals surface area contributed by atoms with Crippen LogP contribution in [0.15, 0.2) is 73.3 Å². The maximum absolute atomic E-state index is 12.8. The molecule has 1 unspecified atom stereocenters. The molecule has 0 bridgehead atoms. The Morgan fingerprint density at radius 3 is 2.30 bits per heavy atom. The van der Waals surface area contributed by atoms with E-state index in [1.54, 1.807) is 17.9 Å². The number of amides is 2. The monoisotopic (exact) mass is 364 g/mol. The SMILES string of the molecule is C=CC1CN(Cc2ccccc2)C(=O)[C@H](C)N1C(=O)OCc1ccccc1. The summed E-state index contributed by atoms with van der Waals surface area (Å²) in [5.74, 6) is -0.0892. The number of hydrogen-bond donors (Lipinski definition) is 0. The standard InChI is InChI=1S/C22H24N2O3/c1-3-20-15-23(14-18-10-6-4-7-11-18)21(25)17(2)24(20)22(26)27-16-19-12-8-5-9-13-19/h3-13,17,20H,1,14-16H2,2H3/t17-,20?/m0/s1. The van der Waals surface area contributed by atoms with E-state index in [-0.39, 0.29) is 18.6 Å². The van der Waals surface area contributed by atoms with Crippen LogP contribution in [0.2, 0.25) is 0 Å². The summed E-state index contributed by atoms with van der Waals surface area (Å²) in [7, 11) is 0. The fraction of sp³-hybridized carbons (Fsp3) is 0.273. The van der Waals surface area contributed by atoms with Gasteiger partial charge in [0.25, 0.3) is 0 Å². The van der Waals surface area contributed by atoms with E-state index < -0.39 is 12.1 Å². The molecule has 2 atom stereocenters. The molecule has 1 saturated heterocycles. The van der Waals surface area contributed by atoms with E-state index in [2.05, 4.69) is 6.58 Å². The van der Waals surface area contributed by atoms with Gasteiger partial charge < -0.3 is 9.64 Å². The Hall–Kier alpha value is -3.08. The molecule has 5 nitrogen and oxygen atoms in total. The van der Waals surface area contributed by atoms with Gasteiger partial charge in [0.1, 0.15) is 12.6 Å². The second kappa shape index (κ2) is 8.54. The highest BCUT2D eigenvalue weighted by Gasteiger charge is 2.40. The molecule has 0 aromatic heterocycles. The van der Waals surface area contributed by atoms with Crippen molar-refractivity contribution in [1.82, 2.24) is 9.80 Å². The zero-order chi connectivity index (χ0) is 19.2. The second-order valence-corrected chi connectivity index (χ2v) is 6.63. The first-order chi connectivity index (χ1) is 13.1. The summed E-state index contributed by atoms with van der Waals surface area (Å²) in [6, 6.07) is 18.4. The van der Waals surface area contributed by atoms with Crippen molar-refractivity contribution in [3.05, 3.63) is 84.4 Å². The van der Waals surface area contributed by atoms with Gasteiger partial charge in [0.2, 0.25) is 5.91 Å². The van der Waals surface area contributed by atoms with Crippen molar-refractivity contribution in [2.75, 3.05) is 6.54 Å². The number of piperazine rings is 1. The normalized spacial score (nSPS) is 19.7. The molecule has 1 fully saturated rings. The van der Waals surface area contributed by atoms with Crippen molar-refractivity contribution in [3.8, 4) is 0 Å². The average Bonchev–Trinajstić information content (AvgIpc) is 2.71. The minimum Gasteiger partial charge on any atom is -0.445 e. The van der Waals surface area contributed by atoms with Crippen LogP contribution in [0.5, 0.6) is 0 Å². The molecule has 140 valence electrons. The van der Waals surface area contributed by atoms with Crippen molar-refractivity contribution in [3.63, 3.8) is 0 Å². The summed E-state index contributed by atoms with van der Waals surface area (Å²) in [5.41, 5.74) is 1.96. The van der Waals surface area contributed by atoms with Gasteiger partial charge in [-0.05, 0) is 18.1 Å². The van der Waals surface area contributed by atoms with Crippen molar-refractivity contribution < 1.29 is 14.3 Å². The molecule has 1 aliphatic heterocycles. The molecular weight excluding hydrogens is 340 g/mol. The van der Waals surface area contributed by atoms with Gasteiger partial charge in [0.05, 0.1) is 6.04 Å². The zero-order valence-corrected chi connectivity index (χ0v) is 15.5. The lowest BCUT2D eigenvalue weighted by molar-refractivity contribution is -0.142. The van der Waals surface area contributed by atoms with Gasteiger partial charge in [0.15, 0.2) is 0 Å². The Kier molecular flexibility index (Phi) is 5.91. The largest absolute Gasteiger partial charge is 0.445 e. The van der Waals surface area contributed by atoms with Crippen LogP contribution in [0, 0.1) is 0 Å². The third-order valence-electron chi connectivity index (χ3n) is 4.76. The quantitative estimate of drug-likeness (QED) is 0.762. The number of hydrogen-bond acceptors (Lipinski definition) is 3. The molecule has 2 amide bonds. The smallest absolute Gasteiger partial charge is 0.411 e. The molecule has 1 heterocycles. The number of carbonyl (C=O) groups excluding carboxylic acids is 2. The Morgan fingerprint density at radius 1 is 1.11 bits per heavy atom. The highest BCUT2D eigenvalue weighted by atomic mass is 16.6. The van der Waals surface area contributed by atoms with Crippen LogP contribution < -0.4 is 0 Å². The maximum Gasteiger partial charge on any atom is 0.411 e. The molecule has 0 radical (unpaired) electrons. The van der Waals surface area contributed by atoms with Gasteiger partial charge in [-0.25, -0.2) is 4.79 Å². The molecule has 0 spiro atoms. The topological polar surface area (TPSA) is 49.9 Å². The zero-order valence-electron chi connectivity index (χ0n) is 15.5. The Balaban J connectivity index is 1.68.